The number of nitrogens with two attached hydrogens (primary N) is 1. The van der Waals surface area contributed by atoms with Crippen LogP contribution < -0.4 is 5.73 Å². The van der Waals surface area contributed by atoms with Crippen molar-refractivity contribution in [3.63, 3.8) is 0 Å². The van der Waals surface area contributed by atoms with E-state index in [2.05, 4.69) is 13.2 Å². The molecule has 2 N–H and O–H groups in total. The summed E-state index contributed by atoms with van der Waals surface area (Å²) in [6.07, 6.45) is 9.21. The van der Waals surface area contributed by atoms with Crippen LogP contribution in [0.2, 0.25) is 0 Å². The van der Waals surface area contributed by atoms with Crippen LogP contribution in [0.5, 0.6) is 0 Å². The van der Waals surface area contributed by atoms with Gasteiger partial charge in [0.1, 0.15) is 0 Å². The minimum Gasteiger partial charge on any atom is -0.327 e. The molecule has 0 aliphatic carbocycles. The summed E-state index contributed by atoms with van der Waals surface area (Å²) in [5, 5.41) is 0. The summed E-state index contributed by atoms with van der Waals surface area (Å²) < 4.78 is 0. The zero-order chi connectivity index (χ0) is 7.82. The maximum absolute atomic E-state index is 5.21. The summed E-state index contributed by atoms with van der Waals surface area (Å²) in [6.45, 7) is 7.84. The van der Waals surface area contributed by atoms with Gasteiger partial charge in [0.05, 0.1) is 0 Å². The molecule has 0 aromatic carbocycles. The van der Waals surface area contributed by atoms with Crippen LogP contribution in [0.3, 0.4) is 0 Å². The van der Waals surface area contributed by atoms with Gasteiger partial charge in [-0.2, -0.15) is 0 Å². The predicted molar refractivity (Wildman–Crippen MR) is 46.7 cm³/mol. The first kappa shape index (κ1) is 8.92. The first-order valence-corrected chi connectivity index (χ1v) is 3.16. The Hall–Kier alpha value is -1.08. The highest BCUT2D eigenvalue weighted by atomic mass is 14.5. The molecule has 0 amide bonds. The second kappa shape index (κ2) is 6.05. The molecule has 0 saturated carbocycles. The molecule has 0 aromatic heterocycles. The SMILES string of the molecule is C=CC(=C)/C=C\C=C/CN. The fourth-order valence-electron chi connectivity index (χ4n) is 0.404. The fourth-order valence-corrected chi connectivity index (χ4v) is 0.404. The number of rotatable bonds is 4. The Bertz CT molecular complexity index is 164. The van der Waals surface area contributed by atoms with Gasteiger partial charge in [0.25, 0.3) is 0 Å². The molecule has 0 aliphatic rings. The molecule has 0 heterocycles. The third-order valence-corrected chi connectivity index (χ3v) is 0.956. The Morgan fingerprint density at radius 1 is 1.40 bits per heavy atom. The second-order valence-electron chi connectivity index (χ2n) is 1.80. The van der Waals surface area contributed by atoms with Gasteiger partial charge in [-0.15, -0.1) is 0 Å². The lowest BCUT2D eigenvalue weighted by Crippen LogP contribution is -1.91. The highest BCUT2D eigenvalue weighted by molar-refractivity contribution is 5.27. The van der Waals surface area contributed by atoms with E-state index in [1.807, 2.05) is 24.3 Å². The van der Waals surface area contributed by atoms with Gasteiger partial charge < -0.3 is 5.73 Å². The smallest absolute Gasteiger partial charge is 0.0109 e. The molecule has 0 fully saturated rings. The van der Waals surface area contributed by atoms with E-state index in [9.17, 15) is 0 Å². The van der Waals surface area contributed by atoms with Gasteiger partial charge in [-0.1, -0.05) is 43.5 Å². The topological polar surface area (TPSA) is 26.0 Å². The highest BCUT2D eigenvalue weighted by Crippen LogP contribution is 1.92. The molecule has 0 spiro atoms. The average molecular weight is 135 g/mol. The molecule has 0 saturated heterocycles. The van der Waals surface area contributed by atoms with E-state index >= 15 is 0 Å². The molecular formula is C9H13N. The number of hydrogen-bond donors (Lipinski definition) is 1. The molecule has 0 unspecified atom stereocenters. The molecule has 10 heavy (non-hydrogen) atoms. The van der Waals surface area contributed by atoms with Gasteiger partial charge in [0.2, 0.25) is 0 Å². The maximum atomic E-state index is 5.21. The minimum absolute atomic E-state index is 0.574. The van der Waals surface area contributed by atoms with Crippen molar-refractivity contribution in [1.82, 2.24) is 0 Å². The van der Waals surface area contributed by atoms with E-state index < -0.39 is 0 Å². The Morgan fingerprint density at radius 2 is 2.10 bits per heavy atom. The van der Waals surface area contributed by atoms with Crippen molar-refractivity contribution in [3.05, 3.63) is 49.1 Å². The van der Waals surface area contributed by atoms with Crippen LogP contribution in [-0.2, 0) is 0 Å². The Labute approximate surface area is 62.2 Å². The Kier molecular flexibility index (Phi) is 5.39. The molecule has 0 rings (SSSR count). The van der Waals surface area contributed by atoms with E-state index in [0.717, 1.165) is 5.57 Å². The Morgan fingerprint density at radius 3 is 2.60 bits per heavy atom. The van der Waals surface area contributed by atoms with Gasteiger partial charge in [-0.05, 0) is 5.57 Å². The Balaban J connectivity index is 3.65. The monoisotopic (exact) mass is 135 g/mol. The summed E-state index contributed by atoms with van der Waals surface area (Å²) in [4.78, 5) is 0. The summed E-state index contributed by atoms with van der Waals surface area (Å²) in [5.41, 5.74) is 6.12. The summed E-state index contributed by atoms with van der Waals surface area (Å²) in [6, 6.07) is 0. The molecule has 54 valence electrons. The lowest BCUT2D eigenvalue weighted by molar-refractivity contribution is 1.25. The highest BCUT2D eigenvalue weighted by Gasteiger charge is 1.72. The maximum Gasteiger partial charge on any atom is 0.0109 e. The van der Waals surface area contributed by atoms with Gasteiger partial charge in [0, 0.05) is 6.54 Å². The van der Waals surface area contributed by atoms with Gasteiger partial charge in [-0.3, -0.25) is 0 Å². The van der Waals surface area contributed by atoms with Crippen molar-refractivity contribution < 1.29 is 0 Å². The lowest BCUT2D eigenvalue weighted by atomic mass is 10.3. The van der Waals surface area contributed by atoms with Crippen molar-refractivity contribution in [3.8, 4) is 0 Å². The van der Waals surface area contributed by atoms with Crippen LogP contribution in [-0.4, -0.2) is 6.54 Å². The number of hydrogen-bond acceptors (Lipinski definition) is 1. The first-order chi connectivity index (χ1) is 4.81. The van der Waals surface area contributed by atoms with Crippen LogP contribution in [0.15, 0.2) is 49.1 Å². The van der Waals surface area contributed by atoms with Crippen molar-refractivity contribution in [1.29, 1.82) is 0 Å². The van der Waals surface area contributed by atoms with E-state index in [0.29, 0.717) is 6.54 Å². The second-order valence-corrected chi connectivity index (χ2v) is 1.80. The third kappa shape index (κ3) is 5.06. The zero-order valence-electron chi connectivity index (χ0n) is 6.09. The van der Waals surface area contributed by atoms with Crippen molar-refractivity contribution in [2.45, 2.75) is 0 Å². The standard InChI is InChI=1S/C9H13N/c1-3-9(2)7-5-4-6-8-10/h3-7H,1-2,8,10H2/b6-4-,7-5-. The molecular weight excluding hydrogens is 122 g/mol. The summed E-state index contributed by atoms with van der Waals surface area (Å²) >= 11 is 0. The molecule has 0 radical (unpaired) electrons. The van der Waals surface area contributed by atoms with Gasteiger partial charge >= 0.3 is 0 Å². The van der Waals surface area contributed by atoms with E-state index in [-0.39, 0.29) is 0 Å². The van der Waals surface area contributed by atoms with E-state index in [1.165, 1.54) is 0 Å². The summed E-state index contributed by atoms with van der Waals surface area (Å²) in [5.74, 6) is 0. The lowest BCUT2D eigenvalue weighted by Gasteiger charge is -1.82. The molecule has 1 nitrogen and oxygen atoms in total. The number of allylic oxidation sites excluding steroid dienone is 5. The van der Waals surface area contributed by atoms with Crippen LogP contribution in [0, 0.1) is 0 Å². The molecule has 0 atom stereocenters. The van der Waals surface area contributed by atoms with Crippen molar-refractivity contribution in [2.24, 2.45) is 5.73 Å². The normalized spacial score (nSPS) is 10.9. The van der Waals surface area contributed by atoms with Crippen LogP contribution in [0.4, 0.5) is 0 Å². The van der Waals surface area contributed by atoms with Crippen molar-refractivity contribution in [2.75, 3.05) is 6.54 Å². The quantitative estimate of drug-likeness (QED) is 0.584. The molecule has 0 aliphatic heterocycles. The van der Waals surface area contributed by atoms with Gasteiger partial charge in [-0.25, -0.2) is 0 Å². The minimum atomic E-state index is 0.574. The molecule has 0 aromatic rings. The molecule has 1 heteroatoms. The molecule has 0 bridgehead atoms. The predicted octanol–water partition coefficient (Wildman–Crippen LogP) is 1.80. The van der Waals surface area contributed by atoms with E-state index in [4.69, 9.17) is 5.73 Å². The van der Waals surface area contributed by atoms with Crippen LogP contribution >= 0.6 is 0 Å². The third-order valence-electron chi connectivity index (χ3n) is 0.956. The summed E-state index contributed by atoms with van der Waals surface area (Å²) in [7, 11) is 0. The van der Waals surface area contributed by atoms with E-state index in [1.54, 1.807) is 6.08 Å². The van der Waals surface area contributed by atoms with Crippen LogP contribution in [0.1, 0.15) is 0 Å². The largest absolute Gasteiger partial charge is 0.327 e. The van der Waals surface area contributed by atoms with Crippen LogP contribution in [0.25, 0.3) is 0 Å². The fraction of sp³-hybridized carbons (Fsp3) is 0.111. The first-order valence-electron chi connectivity index (χ1n) is 3.16. The van der Waals surface area contributed by atoms with Gasteiger partial charge in [0.15, 0.2) is 0 Å². The van der Waals surface area contributed by atoms with Crippen molar-refractivity contribution >= 4 is 0 Å². The zero-order valence-corrected chi connectivity index (χ0v) is 6.09. The average Bonchev–Trinajstić information content (AvgIpc) is 1.98.